The average molecular weight is 385 g/mol. The number of nitrogens with one attached hydrogen (secondary N) is 1. The number of carbonyl (C=O) groups excluding carboxylic acids is 1. The van der Waals surface area contributed by atoms with Crippen molar-refractivity contribution in [2.75, 3.05) is 13.2 Å². The lowest BCUT2D eigenvalue weighted by Gasteiger charge is -2.24. The molecule has 1 aliphatic heterocycles. The van der Waals surface area contributed by atoms with Gasteiger partial charge in [-0.3, -0.25) is 4.79 Å². The molecule has 1 amide bonds. The van der Waals surface area contributed by atoms with Crippen molar-refractivity contribution in [3.05, 3.63) is 57.2 Å². The van der Waals surface area contributed by atoms with E-state index in [2.05, 4.69) is 27.8 Å². The van der Waals surface area contributed by atoms with Crippen LogP contribution in [-0.4, -0.2) is 24.0 Å². The maximum absolute atomic E-state index is 12.4. The smallest absolute Gasteiger partial charge is 0.226 e. The average Bonchev–Trinajstić information content (AvgIpc) is 3.30. The SMILES string of the molecule is Cc1nc(-c2ccc(CCNC(=O)C3COc4ccccc4C3)s2)cs1. The van der Waals surface area contributed by atoms with Gasteiger partial charge < -0.3 is 10.1 Å². The molecule has 4 nitrogen and oxygen atoms in total. The molecule has 134 valence electrons. The van der Waals surface area contributed by atoms with Crippen LogP contribution < -0.4 is 10.1 Å². The topological polar surface area (TPSA) is 51.2 Å². The van der Waals surface area contributed by atoms with Crippen LogP contribution in [0.4, 0.5) is 0 Å². The van der Waals surface area contributed by atoms with E-state index in [1.165, 1.54) is 9.75 Å². The number of benzene rings is 1. The molecule has 0 fully saturated rings. The van der Waals surface area contributed by atoms with Crippen LogP contribution in [0, 0.1) is 12.8 Å². The molecule has 0 bridgehead atoms. The van der Waals surface area contributed by atoms with E-state index >= 15 is 0 Å². The van der Waals surface area contributed by atoms with E-state index in [1.807, 2.05) is 31.2 Å². The summed E-state index contributed by atoms with van der Waals surface area (Å²) in [6, 6.07) is 12.2. The lowest BCUT2D eigenvalue weighted by molar-refractivity contribution is -0.126. The van der Waals surface area contributed by atoms with Gasteiger partial charge in [0.1, 0.15) is 12.4 Å². The van der Waals surface area contributed by atoms with Crippen LogP contribution in [0.15, 0.2) is 41.8 Å². The fourth-order valence-corrected chi connectivity index (χ4v) is 4.73. The second-order valence-corrected chi connectivity index (χ2v) is 8.61. The van der Waals surface area contributed by atoms with Gasteiger partial charge in [0.05, 0.1) is 21.5 Å². The van der Waals surface area contributed by atoms with E-state index < -0.39 is 0 Å². The zero-order valence-electron chi connectivity index (χ0n) is 14.5. The summed E-state index contributed by atoms with van der Waals surface area (Å²) in [5.41, 5.74) is 2.16. The molecule has 0 radical (unpaired) electrons. The van der Waals surface area contributed by atoms with E-state index in [-0.39, 0.29) is 11.8 Å². The van der Waals surface area contributed by atoms with Crippen LogP contribution in [0.1, 0.15) is 15.4 Å². The van der Waals surface area contributed by atoms with Gasteiger partial charge in [0, 0.05) is 16.8 Å². The number of thiophene rings is 1. The molecule has 0 saturated carbocycles. The van der Waals surface area contributed by atoms with Crippen LogP contribution in [0.2, 0.25) is 0 Å². The van der Waals surface area contributed by atoms with Gasteiger partial charge in [-0.2, -0.15) is 0 Å². The second kappa shape index (κ2) is 7.60. The van der Waals surface area contributed by atoms with Crippen LogP contribution >= 0.6 is 22.7 Å². The van der Waals surface area contributed by atoms with Gasteiger partial charge in [0.15, 0.2) is 0 Å². The van der Waals surface area contributed by atoms with Crippen molar-refractivity contribution in [2.24, 2.45) is 5.92 Å². The molecule has 1 unspecified atom stereocenters. The first-order chi connectivity index (χ1) is 12.7. The van der Waals surface area contributed by atoms with E-state index in [0.717, 1.165) is 34.9 Å². The molecule has 0 saturated heterocycles. The van der Waals surface area contributed by atoms with E-state index in [9.17, 15) is 4.79 Å². The zero-order chi connectivity index (χ0) is 17.9. The van der Waals surface area contributed by atoms with Gasteiger partial charge in [-0.05, 0) is 43.5 Å². The van der Waals surface area contributed by atoms with Crippen molar-refractivity contribution in [1.29, 1.82) is 0 Å². The molecule has 2 aromatic heterocycles. The van der Waals surface area contributed by atoms with Gasteiger partial charge in [0.25, 0.3) is 0 Å². The van der Waals surface area contributed by atoms with Crippen molar-refractivity contribution in [3.8, 4) is 16.3 Å². The van der Waals surface area contributed by atoms with Crippen molar-refractivity contribution in [2.45, 2.75) is 19.8 Å². The molecular formula is C20H20N2O2S2. The monoisotopic (exact) mass is 384 g/mol. The third-order valence-electron chi connectivity index (χ3n) is 4.45. The predicted octanol–water partition coefficient (Wildman–Crippen LogP) is 4.09. The Morgan fingerprint density at radius 2 is 2.19 bits per heavy atom. The second-order valence-electron chi connectivity index (χ2n) is 6.38. The molecule has 3 aromatic rings. The van der Waals surface area contributed by atoms with Crippen LogP contribution in [0.25, 0.3) is 10.6 Å². The first kappa shape index (κ1) is 17.2. The number of hydrogen-bond acceptors (Lipinski definition) is 5. The summed E-state index contributed by atoms with van der Waals surface area (Å²) in [6.45, 7) is 3.12. The van der Waals surface area contributed by atoms with Gasteiger partial charge in [0.2, 0.25) is 5.91 Å². The summed E-state index contributed by atoms with van der Waals surface area (Å²) >= 11 is 3.41. The van der Waals surface area contributed by atoms with Crippen molar-refractivity contribution in [3.63, 3.8) is 0 Å². The maximum Gasteiger partial charge on any atom is 0.226 e. The molecule has 4 rings (SSSR count). The van der Waals surface area contributed by atoms with E-state index in [4.69, 9.17) is 4.74 Å². The third kappa shape index (κ3) is 3.81. The number of thiazole rings is 1. The summed E-state index contributed by atoms with van der Waals surface area (Å²) in [4.78, 5) is 19.4. The largest absolute Gasteiger partial charge is 0.492 e. The maximum atomic E-state index is 12.4. The van der Waals surface area contributed by atoms with Gasteiger partial charge in [-0.15, -0.1) is 22.7 Å². The third-order valence-corrected chi connectivity index (χ3v) is 6.39. The zero-order valence-corrected chi connectivity index (χ0v) is 16.2. The molecule has 1 aromatic carbocycles. The van der Waals surface area contributed by atoms with Crippen molar-refractivity contribution in [1.82, 2.24) is 10.3 Å². The Kier molecular flexibility index (Phi) is 5.04. The van der Waals surface area contributed by atoms with E-state index in [0.29, 0.717) is 13.2 Å². The Labute approximate surface area is 160 Å². The summed E-state index contributed by atoms with van der Waals surface area (Å²) in [5, 5.41) is 6.23. The highest BCUT2D eigenvalue weighted by molar-refractivity contribution is 7.16. The Bertz CT molecular complexity index is 916. The summed E-state index contributed by atoms with van der Waals surface area (Å²) in [7, 11) is 0. The summed E-state index contributed by atoms with van der Waals surface area (Å²) < 4.78 is 5.71. The number of carbonyl (C=O) groups is 1. The number of rotatable bonds is 5. The fraction of sp³-hybridized carbons (Fsp3) is 0.300. The number of aryl methyl sites for hydroxylation is 1. The van der Waals surface area contributed by atoms with Crippen LogP contribution in [0.5, 0.6) is 5.75 Å². The molecule has 0 aliphatic carbocycles. The first-order valence-corrected chi connectivity index (χ1v) is 10.4. The molecule has 6 heteroatoms. The predicted molar refractivity (Wildman–Crippen MR) is 106 cm³/mol. The summed E-state index contributed by atoms with van der Waals surface area (Å²) in [6.07, 6.45) is 1.58. The lowest BCUT2D eigenvalue weighted by Crippen LogP contribution is -2.38. The number of hydrogen-bond donors (Lipinski definition) is 1. The minimum Gasteiger partial charge on any atom is -0.492 e. The highest BCUT2D eigenvalue weighted by atomic mass is 32.1. The molecule has 3 heterocycles. The fourth-order valence-electron chi connectivity index (χ4n) is 3.08. The lowest BCUT2D eigenvalue weighted by atomic mass is 9.96. The van der Waals surface area contributed by atoms with Gasteiger partial charge >= 0.3 is 0 Å². The van der Waals surface area contributed by atoms with Crippen molar-refractivity contribution >= 4 is 28.6 Å². The first-order valence-electron chi connectivity index (χ1n) is 8.68. The van der Waals surface area contributed by atoms with Crippen molar-refractivity contribution < 1.29 is 9.53 Å². The van der Waals surface area contributed by atoms with Crippen LogP contribution in [-0.2, 0) is 17.6 Å². The number of para-hydroxylation sites is 1. The minimum absolute atomic E-state index is 0.0754. The quantitative estimate of drug-likeness (QED) is 0.721. The molecule has 0 spiro atoms. The number of aromatic nitrogens is 1. The Morgan fingerprint density at radius 1 is 1.31 bits per heavy atom. The normalized spacial score (nSPS) is 16.0. The minimum atomic E-state index is -0.109. The molecular weight excluding hydrogens is 364 g/mol. The van der Waals surface area contributed by atoms with Gasteiger partial charge in [-0.25, -0.2) is 4.98 Å². The highest BCUT2D eigenvalue weighted by Gasteiger charge is 2.25. The molecule has 1 aliphatic rings. The number of fused-ring (bicyclic) bond motifs is 1. The summed E-state index contributed by atoms with van der Waals surface area (Å²) in [5.74, 6) is 0.869. The highest BCUT2D eigenvalue weighted by Crippen LogP contribution is 2.29. The molecule has 1 N–H and O–H groups in total. The number of ether oxygens (including phenoxy) is 1. The van der Waals surface area contributed by atoms with Gasteiger partial charge in [-0.1, -0.05) is 18.2 Å². The Morgan fingerprint density at radius 3 is 3.04 bits per heavy atom. The Hall–Kier alpha value is -2.18. The van der Waals surface area contributed by atoms with Crippen LogP contribution in [0.3, 0.4) is 0 Å². The molecule has 26 heavy (non-hydrogen) atoms. The standard InChI is InChI=1S/C20H20N2O2S2/c1-13-22-17(12-25-13)19-7-6-16(26-19)8-9-21-20(23)15-10-14-4-2-3-5-18(14)24-11-15/h2-7,12,15H,8-11H2,1H3,(H,21,23). The molecule has 1 atom stereocenters. The Balaban J connectivity index is 1.29. The number of amides is 1. The van der Waals surface area contributed by atoms with E-state index in [1.54, 1.807) is 22.7 Å². The number of nitrogens with zero attached hydrogens (tertiary/aromatic N) is 1.